The first-order valence-corrected chi connectivity index (χ1v) is 5.45. The van der Waals surface area contributed by atoms with E-state index in [1.165, 1.54) is 0 Å². The van der Waals surface area contributed by atoms with Crippen LogP contribution in [0.5, 0.6) is 0 Å². The maximum atomic E-state index is 9.20. The molecule has 0 bridgehead atoms. The lowest BCUT2D eigenvalue weighted by Crippen LogP contribution is -2.03. The average molecular weight is 250 g/mol. The molecule has 0 aliphatic carbocycles. The van der Waals surface area contributed by atoms with Crippen molar-refractivity contribution in [3.05, 3.63) is 47.7 Å². The highest BCUT2D eigenvalue weighted by atomic mass is 35.5. The van der Waals surface area contributed by atoms with Gasteiger partial charge in [0.1, 0.15) is 11.0 Å². The second-order valence-electron chi connectivity index (χ2n) is 3.67. The van der Waals surface area contributed by atoms with E-state index in [2.05, 4.69) is 5.48 Å². The molecule has 17 heavy (non-hydrogen) atoms. The Hall–Kier alpha value is -1.78. The molecule has 5 heteroatoms. The van der Waals surface area contributed by atoms with E-state index in [-0.39, 0.29) is 5.17 Å². The van der Waals surface area contributed by atoms with Crippen molar-refractivity contribution >= 4 is 22.6 Å². The molecule has 2 rings (SSSR count). The lowest BCUT2D eigenvalue weighted by molar-refractivity contribution is 0.384. The second-order valence-corrected chi connectivity index (χ2v) is 4.05. The molecular weight excluding hydrogens is 238 g/mol. The summed E-state index contributed by atoms with van der Waals surface area (Å²) in [7, 11) is 0. The third-order valence-electron chi connectivity index (χ3n) is 2.55. The minimum Gasteiger partial charge on any atom is -0.301 e. The fourth-order valence-corrected chi connectivity index (χ4v) is 2.05. The summed E-state index contributed by atoms with van der Waals surface area (Å²) in [5.74, 6) is 0.397. The molecule has 0 radical (unpaired) electrons. The Labute approximate surface area is 104 Å². The van der Waals surface area contributed by atoms with Crippen LogP contribution in [0.2, 0.25) is 0 Å². The summed E-state index contributed by atoms with van der Waals surface area (Å²) in [6.07, 6.45) is 1.82. The number of anilines is 1. The monoisotopic (exact) mass is 249 g/mol. The number of para-hydroxylation sites is 1. The molecule has 88 valence electrons. The number of nitrogens with one attached hydrogen (secondary N) is 2. The van der Waals surface area contributed by atoms with Crippen molar-refractivity contribution in [2.24, 2.45) is 0 Å². The van der Waals surface area contributed by atoms with Crippen molar-refractivity contribution < 1.29 is 5.21 Å². The van der Waals surface area contributed by atoms with E-state index in [0.717, 1.165) is 11.3 Å². The van der Waals surface area contributed by atoms with Crippen molar-refractivity contribution in [3.8, 4) is 5.69 Å². The van der Waals surface area contributed by atoms with Crippen LogP contribution in [0, 0.1) is 12.3 Å². The maximum absolute atomic E-state index is 9.20. The van der Waals surface area contributed by atoms with Gasteiger partial charge in [0.25, 0.3) is 0 Å². The first-order valence-electron chi connectivity index (χ1n) is 5.07. The number of hydrogen-bond donors (Lipinski definition) is 3. The highest BCUT2D eigenvalue weighted by Gasteiger charge is 2.16. The molecule has 0 amide bonds. The van der Waals surface area contributed by atoms with E-state index in [4.69, 9.17) is 17.0 Å². The molecule has 3 N–H and O–H groups in total. The smallest absolute Gasteiger partial charge is 0.145 e. The summed E-state index contributed by atoms with van der Waals surface area (Å²) < 4.78 is 1.75. The number of halogens is 1. The van der Waals surface area contributed by atoms with E-state index < -0.39 is 0 Å². The molecule has 0 atom stereocenters. The van der Waals surface area contributed by atoms with Crippen LogP contribution < -0.4 is 5.48 Å². The molecule has 0 aliphatic rings. The molecule has 0 aliphatic heterocycles. The molecule has 4 nitrogen and oxygen atoms in total. The van der Waals surface area contributed by atoms with Crippen molar-refractivity contribution in [1.29, 1.82) is 5.41 Å². The molecule has 1 aromatic heterocycles. The van der Waals surface area contributed by atoms with Gasteiger partial charge in [-0.15, -0.1) is 0 Å². The number of nitrogens with zero attached hydrogens (tertiary/aromatic N) is 1. The highest BCUT2D eigenvalue weighted by molar-refractivity contribution is 6.69. The van der Waals surface area contributed by atoms with Crippen LogP contribution in [-0.2, 0) is 0 Å². The van der Waals surface area contributed by atoms with Crippen molar-refractivity contribution in [2.45, 2.75) is 6.92 Å². The Morgan fingerprint density at radius 1 is 1.35 bits per heavy atom. The Morgan fingerprint density at radius 3 is 2.53 bits per heavy atom. The normalized spacial score (nSPS) is 10.3. The topological polar surface area (TPSA) is 61.0 Å². The molecule has 0 spiro atoms. The van der Waals surface area contributed by atoms with E-state index >= 15 is 0 Å². The number of hydrogen-bond acceptors (Lipinski definition) is 3. The van der Waals surface area contributed by atoms with Gasteiger partial charge in [0.15, 0.2) is 0 Å². The van der Waals surface area contributed by atoms with Gasteiger partial charge in [0.05, 0.1) is 5.56 Å². The van der Waals surface area contributed by atoms with Crippen molar-refractivity contribution in [1.82, 2.24) is 4.57 Å². The summed E-state index contributed by atoms with van der Waals surface area (Å²) in [6.45, 7) is 1.84. The molecule has 2 aromatic rings. The van der Waals surface area contributed by atoms with Crippen LogP contribution in [0.1, 0.15) is 11.1 Å². The lowest BCUT2D eigenvalue weighted by Gasteiger charge is -2.08. The van der Waals surface area contributed by atoms with Crippen LogP contribution in [-0.4, -0.2) is 14.9 Å². The number of aryl methyl sites for hydroxylation is 1. The van der Waals surface area contributed by atoms with Gasteiger partial charge in [-0.25, -0.2) is 0 Å². The van der Waals surface area contributed by atoms with Crippen LogP contribution in [0.25, 0.3) is 5.69 Å². The van der Waals surface area contributed by atoms with Gasteiger partial charge in [-0.05, 0) is 24.6 Å². The molecule has 0 unspecified atom stereocenters. The Morgan fingerprint density at radius 2 is 2.00 bits per heavy atom. The van der Waals surface area contributed by atoms with Gasteiger partial charge in [0, 0.05) is 11.9 Å². The van der Waals surface area contributed by atoms with E-state index in [1.807, 2.05) is 43.5 Å². The fourth-order valence-electron chi connectivity index (χ4n) is 1.81. The Balaban J connectivity index is 2.64. The van der Waals surface area contributed by atoms with Gasteiger partial charge in [-0.3, -0.25) is 16.1 Å². The van der Waals surface area contributed by atoms with Crippen molar-refractivity contribution in [3.63, 3.8) is 0 Å². The number of rotatable bonds is 3. The lowest BCUT2D eigenvalue weighted by atomic mass is 10.2. The summed E-state index contributed by atoms with van der Waals surface area (Å²) in [6, 6.07) is 9.52. The summed E-state index contributed by atoms with van der Waals surface area (Å²) in [5, 5.41) is 16.6. The van der Waals surface area contributed by atoms with E-state index in [0.29, 0.717) is 11.4 Å². The number of benzene rings is 1. The summed E-state index contributed by atoms with van der Waals surface area (Å²) in [5.41, 5.74) is 4.31. The van der Waals surface area contributed by atoms with Crippen LogP contribution in [0.15, 0.2) is 36.5 Å². The average Bonchev–Trinajstić information content (AvgIpc) is 2.67. The Kier molecular flexibility index (Phi) is 3.17. The van der Waals surface area contributed by atoms with Crippen LogP contribution in [0.4, 0.5) is 5.82 Å². The zero-order valence-electron chi connectivity index (χ0n) is 9.24. The predicted octanol–water partition coefficient (Wildman–Crippen LogP) is 3.15. The first-order chi connectivity index (χ1) is 8.15. The first kappa shape index (κ1) is 11.7. The molecule has 1 aromatic carbocycles. The highest BCUT2D eigenvalue weighted by Crippen LogP contribution is 2.27. The quantitative estimate of drug-likeness (QED) is 0.578. The molecule has 0 saturated heterocycles. The van der Waals surface area contributed by atoms with Gasteiger partial charge in [-0.2, -0.15) is 0 Å². The van der Waals surface area contributed by atoms with Gasteiger partial charge < -0.3 is 4.57 Å². The largest absolute Gasteiger partial charge is 0.301 e. The zero-order chi connectivity index (χ0) is 12.4. The SMILES string of the molecule is Cc1cn(-c2ccccc2)c(NO)c1C(=N)Cl. The third-order valence-corrected chi connectivity index (χ3v) is 2.74. The Bertz CT molecular complexity index is 548. The minimum atomic E-state index is -0.103. The van der Waals surface area contributed by atoms with Gasteiger partial charge in [-0.1, -0.05) is 29.8 Å². The summed E-state index contributed by atoms with van der Waals surface area (Å²) in [4.78, 5) is 0. The maximum Gasteiger partial charge on any atom is 0.145 e. The number of aromatic nitrogens is 1. The third kappa shape index (κ3) is 2.05. The van der Waals surface area contributed by atoms with Crippen LogP contribution >= 0.6 is 11.6 Å². The second kappa shape index (κ2) is 4.61. The van der Waals surface area contributed by atoms with E-state index in [9.17, 15) is 5.21 Å². The molecule has 1 heterocycles. The van der Waals surface area contributed by atoms with Crippen LogP contribution in [0.3, 0.4) is 0 Å². The zero-order valence-corrected chi connectivity index (χ0v) is 9.99. The van der Waals surface area contributed by atoms with Gasteiger partial charge in [0.2, 0.25) is 0 Å². The minimum absolute atomic E-state index is 0.103. The van der Waals surface area contributed by atoms with Crippen molar-refractivity contribution in [2.75, 3.05) is 5.48 Å². The molecular formula is C12H12ClN3O. The van der Waals surface area contributed by atoms with E-state index in [1.54, 1.807) is 4.57 Å². The predicted molar refractivity (Wildman–Crippen MR) is 68.6 cm³/mol. The fraction of sp³-hybridized carbons (Fsp3) is 0.0833. The molecule has 0 saturated carbocycles. The standard InChI is InChI=1S/C12H12ClN3O/c1-8-7-16(9-5-3-2-4-6-9)12(15-17)10(8)11(13)14/h2-7,14-15,17H,1H3. The molecule has 0 fully saturated rings. The van der Waals surface area contributed by atoms with Gasteiger partial charge >= 0.3 is 0 Å². The summed E-state index contributed by atoms with van der Waals surface area (Å²) >= 11 is 5.71.